The Morgan fingerprint density at radius 2 is 2.00 bits per heavy atom. The molecule has 2 fully saturated rings. The van der Waals surface area contributed by atoms with E-state index in [0.717, 1.165) is 19.3 Å². The van der Waals surface area contributed by atoms with Crippen LogP contribution in [0.25, 0.3) is 0 Å². The maximum atomic E-state index is 11.0. The van der Waals surface area contributed by atoms with E-state index in [0.29, 0.717) is 12.3 Å². The normalized spacial score (nSPS) is 38.8. The van der Waals surface area contributed by atoms with Crippen molar-refractivity contribution in [3.05, 3.63) is 0 Å². The van der Waals surface area contributed by atoms with Gasteiger partial charge in [-0.25, -0.2) is 0 Å². The Labute approximate surface area is 59.6 Å². The number of Topliss-reactive ketones (excluding diaryl/α,β-unsaturated/α-hetero) is 2. The van der Waals surface area contributed by atoms with Gasteiger partial charge in [0.2, 0.25) is 5.78 Å². The van der Waals surface area contributed by atoms with E-state index < -0.39 is 0 Å². The molecule has 0 heterocycles. The summed E-state index contributed by atoms with van der Waals surface area (Å²) in [6.07, 6.45) is 3.76. The second kappa shape index (κ2) is 1.91. The van der Waals surface area contributed by atoms with Crippen LogP contribution in [-0.2, 0) is 9.59 Å². The predicted molar refractivity (Wildman–Crippen MR) is 35.5 cm³/mol. The molecular weight excluding hydrogens is 128 g/mol. The van der Waals surface area contributed by atoms with Crippen molar-refractivity contribution in [2.45, 2.75) is 25.7 Å². The molecule has 54 valence electrons. The molecule has 2 nitrogen and oxygen atoms in total. The zero-order chi connectivity index (χ0) is 7.14. The summed E-state index contributed by atoms with van der Waals surface area (Å²) in [5.41, 5.74) is 0. The van der Waals surface area contributed by atoms with Gasteiger partial charge in [-0.1, -0.05) is 6.42 Å². The molecule has 0 saturated heterocycles. The van der Waals surface area contributed by atoms with Crippen LogP contribution in [0.3, 0.4) is 0 Å². The third-order valence-electron chi connectivity index (χ3n) is 2.72. The van der Waals surface area contributed by atoms with Crippen LogP contribution in [0.4, 0.5) is 0 Å². The van der Waals surface area contributed by atoms with E-state index in [2.05, 4.69) is 0 Å². The molecule has 2 aliphatic rings. The Kier molecular flexibility index (Phi) is 1.16. The highest BCUT2D eigenvalue weighted by Crippen LogP contribution is 2.39. The van der Waals surface area contributed by atoms with Crippen molar-refractivity contribution in [1.82, 2.24) is 0 Å². The first kappa shape index (κ1) is 6.08. The van der Waals surface area contributed by atoms with Crippen molar-refractivity contribution in [1.29, 1.82) is 0 Å². The highest BCUT2D eigenvalue weighted by molar-refractivity contribution is 6.40. The van der Waals surface area contributed by atoms with Crippen LogP contribution in [0.2, 0.25) is 0 Å². The van der Waals surface area contributed by atoms with Gasteiger partial charge in [0.25, 0.3) is 0 Å². The molecule has 0 aromatic carbocycles. The second-order valence-electron chi connectivity index (χ2n) is 3.29. The molecule has 2 unspecified atom stereocenters. The van der Waals surface area contributed by atoms with E-state index in [1.165, 1.54) is 0 Å². The standard InChI is InChI=1S/C8H10O2/c9-7-4-5-2-1-3-6(5)8(7)10/h5-6H,1-4H2. The van der Waals surface area contributed by atoms with Crippen LogP contribution >= 0.6 is 0 Å². The van der Waals surface area contributed by atoms with Gasteiger partial charge in [0.1, 0.15) is 0 Å². The first-order chi connectivity index (χ1) is 4.79. The van der Waals surface area contributed by atoms with E-state index in [1.807, 2.05) is 0 Å². The molecule has 0 radical (unpaired) electrons. The molecule has 0 aliphatic heterocycles. The average Bonchev–Trinajstić information content (AvgIpc) is 2.41. The van der Waals surface area contributed by atoms with Crippen molar-refractivity contribution in [3.8, 4) is 0 Å². The van der Waals surface area contributed by atoms with Crippen LogP contribution in [0.15, 0.2) is 0 Å². The van der Waals surface area contributed by atoms with Crippen molar-refractivity contribution >= 4 is 11.6 Å². The lowest BCUT2D eigenvalue weighted by Crippen LogP contribution is -2.12. The van der Waals surface area contributed by atoms with E-state index >= 15 is 0 Å². The Morgan fingerprint density at radius 1 is 1.20 bits per heavy atom. The maximum absolute atomic E-state index is 11.0. The SMILES string of the molecule is O=C1CC2CCCC2C1=O. The summed E-state index contributed by atoms with van der Waals surface area (Å²) in [5.74, 6) is 0.365. The number of hydrogen-bond acceptors (Lipinski definition) is 2. The molecule has 10 heavy (non-hydrogen) atoms. The first-order valence-corrected chi connectivity index (χ1v) is 3.86. The van der Waals surface area contributed by atoms with E-state index in [-0.39, 0.29) is 17.5 Å². The Morgan fingerprint density at radius 3 is 2.70 bits per heavy atom. The van der Waals surface area contributed by atoms with Gasteiger partial charge in [-0.05, 0) is 18.8 Å². The topological polar surface area (TPSA) is 34.1 Å². The summed E-state index contributed by atoms with van der Waals surface area (Å²) in [7, 11) is 0. The molecule has 2 rings (SSSR count). The lowest BCUT2D eigenvalue weighted by molar-refractivity contribution is -0.135. The van der Waals surface area contributed by atoms with Crippen LogP contribution in [0, 0.1) is 11.8 Å². The van der Waals surface area contributed by atoms with Gasteiger partial charge in [-0.2, -0.15) is 0 Å². The molecule has 2 saturated carbocycles. The summed E-state index contributed by atoms with van der Waals surface area (Å²) in [6.45, 7) is 0. The van der Waals surface area contributed by atoms with Gasteiger partial charge < -0.3 is 0 Å². The molecular formula is C8H10O2. The zero-order valence-corrected chi connectivity index (χ0v) is 5.80. The Bertz CT molecular complexity index is 195. The fourth-order valence-electron chi connectivity index (χ4n) is 2.17. The zero-order valence-electron chi connectivity index (χ0n) is 5.80. The molecule has 0 bridgehead atoms. The van der Waals surface area contributed by atoms with Gasteiger partial charge in [-0.3, -0.25) is 9.59 Å². The molecule has 0 aromatic rings. The quantitative estimate of drug-likeness (QED) is 0.467. The van der Waals surface area contributed by atoms with Crippen molar-refractivity contribution in [2.24, 2.45) is 11.8 Å². The summed E-state index contributed by atoms with van der Waals surface area (Å²) in [6, 6.07) is 0. The summed E-state index contributed by atoms with van der Waals surface area (Å²) in [5, 5.41) is 0. The van der Waals surface area contributed by atoms with Crippen LogP contribution < -0.4 is 0 Å². The van der Waals surface area contributed by atoms with Crippen LogP contribution in [0.5, 0.6) is 0 Å². The smallest absolute Gasteiger partial charge is 0.201 e. The second-order valence-corrected chi connectivity index (χ2v) is 3.29. The van der Waals surface area contributed by atoms with E-state index in [4.69, 9.17) is 0 Å². The van der Waals surface area contributed by atoms with Crippen molar-refractivity contribution < 1.29 is 9.59 Å². The monoisotopic (exact) mass is 138 g/mol. The minimum atomic E-state index is -0.116. The molecule has 0 amide bonds. The highest BCUT2D eigenvalue weighted by atomic mass is 16.2. The summed E-state index contributed by atoms with van der Waals surface area (Å²) < 4.78 is 0. The Balaban J connectivity index is 2.24. The van der Waals surface area contributed by atoms with E-state index in [9.17, 15) is 9.59 Å². The third-order valence-corrected chi connectivity index (χ3v) is 2.72. The minimum absolute atomic E-state index is 0.0810. The number of rotatable bonds is 0. The van der Waals surface area contributed by atoms with Gasteiger partial charge in [0, 0.05) is 12.3 Å². The number of carbonyl (C=O) groups excluding carboxylic acids is 2. The molecule has 0 N–H and O–H groups in total. The largest absolute Gasteiger partial charge is 0.291 e. The van der Waals surface area contributed by atoms with Gasteiger partial charge in [0.15, 0.2) is 5.78 Å². The van der Waals surface area contributed by atoms with E-state index in [1.54, 1.807) is 0 Å². The first-order valence-electron chi connectivity index (χ1n) is 3.86. The fourth-order valence-corrected chi connectivity index (χ4v) is 2.17. The number of carbonyl (C=O) groups is 2. The Hall–Kier alpha value is -0.660. The van der Waals surface area contributed by atoms with Crippen molar-refractivity contribution in [2.75, 3.05) is 0 Å². The molecule has 0 aromatic heterocycles. The lowest BCUT2D eigenvalue weighted by atomic mass is 10.0. The third kappa shape index (κ3) is 0.648. The summed E-state index contributed by atoms with van der Waals surface area (Å²) in [4.78, 5) is 21.9. The van der Waals surface area contributed by atoms with Gasteiger partial charge in [-0.15, -0.1) is 0 Å². The maximum Gasteiger partial charge on any atom is 0.201 e. The predicted octanol–water partition coefficient (Wildman–Crippen LogP) is 0.945. The number of fused-ring (bicyclic) bond motifs is 1. The van der Waals surface area contributed by atoms with Crippen LogP contribution in [-0.4, -0.2) is 11.6 Å². The van der Waals surface area contributed by atoms with Gasteiger partial charge >= 0.3 is 0 Å². The minimum Gasteiger partial charge on any atom is -0.291 e. The lowest BCUT2D eigenvalue weighted by Gasteiger charge is -2.01. The fraction of sp³-hybridized carbons (Fsp3) is 0.750. The molecule has 2 heteroatoms. The summed E-state index contributed by atoms with van der Waals surface area (Å²) >= 11 is 0. The van der Waals surface area contributed by atoms with Crippen LogP contribution in [0.1, 0.15) is 25.7 Å². The highest BCUT2D eigenvalue weighted by Gasteiger charge is 2.43. The number of hydrogen-bond donors (Lipinski definition) is 0. The average molecular weight is 138 g/mol. The molecule has 2 aliphatic carbocycles. The van der Waals surface area contributed by atoms with Crippen molar-refractivity contribution in [3.63, 3.8) is 0 Å². The molecule has 2 atom stereocenters. The van der Waals surface area contributed by atoms with Gasteiger partial charge in [0.05, 0.1) is 0 Å². The number of ketones is 2. The molecule has 0 spiro atoms.